The third-order valence-electron chi connectivity index (χ3n) is 3.62. The number of rotatable bonds is 2. The summed E-state index contributed by atoms with van der Waals surface area (Å²) in [6, 6.07) is 9.10. The van der Waals surface area contributed by atoms with Gasteiger partial charge < -0.3 is 0 Å². The number of benzene rings is 2. The van der Waals surface area contributed by atoms with Crippen LogP contribution in [0, 0.1) is 0 Å². The number of fused-ring (bicyclic) bond motifs is 1. The van der Waals surface area contributed by atoms with E-state index >= 15 is 0 Å². The van der Waals surface area contributed by atoms with Crippen molar-refractivity contribution in [2.24, 2.45) is 0 Å². The lowest BCUT2D eigenvalue weighted by Gasteiger charge is -2.19. The summed E-state index contributed by atoms with van der Waals surface area (Å²) in [6.07, 6.45) is -4.57. The summed E-state index contributed by atoms with van der Waals surface area (Å²) in [7, 11) is 0. The molecule has 2 aromatic rings. The Labute approximate surface area is 135 Å². The lowest BCUT2D eigenvalue weighted by molar-refractivity contribution is -0.137. The molecular weight excluding hydrogens is 327 g/mol. The minimum atomic E-state index is -4.57. The Morgan fingerprint density at radius 2 is 1.52 bits per heavy atom. The molecule has 23 heavy (non-hydrogen) atoms. The van der Waals surface area contributed by atoms with E-state index in [1.807, 2.05) is 0 Å². The predicted octanol–water partition coefficient (Wildman–Crippen LogP) is 3.94. The van der Waals surface area contributed by atoms with Gasteiger partial charge in [-0.2, -0.15) is 25.8 Å². The van der Waals surface area contributed by atoms with E-state index in [4.69, 9.17) is 0 Å². The molecule has 0 fully saturated rings. The van der Waals surface area contributed by atoms with Crippen molar-refractivity contribution in [3.8, 4) is 0 Å². The van der Waals surface area contributed by atoms with Gasteiger partial charge in [-0.05, 0) is 29.8 Å². The summed E-state index contributed by atoms with van der Waals surface area (Å²) in [4.78, 5) is 25.7. The maximum Gasteiger partial charge on any atom is 0.416 e. The molecule has 0 unspecified atom stereocenters. The van der Waals surface area contributed by atoms with Crippen LogP contribution in [0.2, 0.25) is 0 Å². The van der Waals surface area contributed by atoms with Crippen LogP contribution < -0.4 is 4.90 Å². The number of carbonyl (C=O) groups excluding carboxylic acids is 2. The predicted molar refractivity (Wildman–Crippen MR) is 81.7 cm³/mol. The fraction of sp³-hybridized carbons (Fsp3) is 0.125. The van der Waals surface area contributed by atoms with Gasteiger partial charge in [-0.1, -0.05) is 18.2 Å². The van der Waals surface area contributed by atoms with E-state index in [2.05, 4.69) is 12.6 Å². The second kappa shape index (κ2) is 5.42. The molecule has 0 aromatic heterocycles. The average Bonchev–Trinajstić information content (AvgIpc) is 2.78. The van der Waals surface area contributed by atoms with Crippen molar-refractivity contribution < 1.29 is 22.8 Å². The highest BCUT2D eigenvalue weighted by molar-refractivity contribution is 7.79. The second-order valence-corrected chi connectivity index (χ2v) is 5.31. The average molecular weight is 337 g/mol. The molecular formula is C16H10F3NO2S. The van der Waals surface area contributed by atoms with Gasteiger partial charge in [0.15, 0.2) is 0 Å². The Kier molecular flexibility index (Phi) is 3.68. The van der Waals surface area contributed by atoms with Crippen LogP contribution >= 0.6 is 12.6 Å². The highest BCUT2D eigenvalue weighted by atomic mass is 32.1. The summed E-state index contributed by atoms with van der Waals surface area (Å²) in [5.41, 5.74) is -0.272. The number of alkyl halides is 3. The van der Waals surface area contributed by atoms with Crippen LogP contribution in [-0.2, 0) is 11.9 Å². The number of anilines is 1. The molecule has 118 valence electrons. The van der Waals surface area contributed by atoms with Gasteiger partial charge in [-0.15, -0.1) is 0 Å². The van der Waals surface area contributed by atoms with Crippen LogP contribution in [-0.4, -0.2) is 11.8 Å². The Morgan fingerprint density at radius 1 is 0.957 bits per heavy atom. The first kappa shape index (κ1) is 15.6. The van der Waals surface area contributed by atoms with E-state index in [1.54, 1.807) is 12.1 Å². The summed E-state index contributed by atoms with van der Waals surface area (Å²) in [5, 5.41) is 0. The molecule has 0 aliphatic carbocycles. The number of thiol groups is 1. The number of imide groups is 1. The van der Waals surface area contributed by atoms with Crippen molar-refractivity contribution >= 4 is 30.1 Å². The molecule has 3 nitrogen and oxygen atoms in total. The first-order valence-corrected chi connectivity index (χ1v) is 7.26. The zero-order valence-electron chi connectivity index (χ0n) is 11.6. The molecule has 0 spiro atoms. The van der Waals surface area contributed by atoms with Crippen molar-refractivity contribution in [2.45, 2.75) is 11.9 Å². The maximum absolute atomic E-state index is 12.9. The van der Waals surface area contributed by atoms with Crippen LogP contribution in [0.3, 0.4) is 0 Å². The number of amides is 2. The molecule has 3 rings (SSSR count). The first-order chi connectivity index (χ1) is 10.8. The molecule has 0 saturated carbocycles. The zero-order valence-corrected chi connectivity index (χ0v) is 12.5. The van der Waals surface area contributed by atoms with Gasteiger partial charge in [0.1, 0.15) is 0 Å². The van der Waals surface area contributed by atoms with Crippen molar-refractivity contribution in [1.82, 2.24) is 0 Å². The normalized spacial score (nSPS) is 14.3. The smallest absolute Gasteiger partial charge is 0.268 e. The molecule has 1 aliphatic heterocycles. The molecule has 0 atom stereocenters. The van der Waals surface area contributed by atoms with E-state index in [-0.39, 0.29) is 22.6 Å². The van der Waals surface area contributed by atoms with Crippen molar-refractivity contribution in [1.29, 1.82) is 0 Å². The highest BCUT2D eigenvalue weighted by Crippen LogP contribution is 2.37. The lowest BCUT2D eigenvalue weighted by atomic mass is 10.1. The summed E-state index contributed by atoms with van der Waals surface area (Å²) < 4.78 is 38.8. The van der Waals surface area contributed by atoms with Gasteiger partial charge in [0.25, 0.3) is 11.8 Å². The van der Waals surface area contributed by atoms with Gasteiger partial charge in [-0.25, -0.2) is 4.90 Å². The monoisotopic (exact) mass is 337 g/mol. The molecule has 1 heterocycles. The molecule has 7 heteroatoms. The maximum atomic E-state index is 12.9. The Bertz CT molecular complexity index is 782. The Balaban J connectivity index is 2.16. The van der Waals surface area contributed by atoms with E-state index in [0.29, 0.717) is 5.56 Å². The van der Waals surface area contributed by atoms with E-state index in [1.165, 1.54) is 18.2 Å². The van der Waals surface area contributed by atoms with E-state index < -0.39 is 23.6 Å². The fourth-order valence-corrected chi connectivity index (χ4v) is 2.76. The van der Waals surface area contributed by atoms with E-state index in [0.717, 1.165) is 17.0 Å². The summed E-state index contributed by atoms with van der Waals surface area (Å²) in [5.74, 6) is -1.16. The minimum Gasteiger partial charge on any atom is -0.268 e. The molecule has 0 N–H and O–H groups in total. The SMILES string of the molecule is O=C1c2ccccc2C(=O)N1c1cc(C(F)(F)F)ccc1CS. The minimum absolute atomic E-state index is 0.0824. The Hall–Kier alpha value is -2.28. The molecule has 1 aliphatic rings. The van der Waals surface area contributed by atoms with Crippen molar-refractivity contribution in [3.63, 3.8) is 0 Å². The first-order valence-electron chi connectivity index (χ1n) is 6.63. The van der Waals surface area contributed by atoms with Gasteiger partial charge in [0, 0.05) is 5.75 Å². The summed E-state index contributed by atoms with van der Waals surface area (Å²) in [6.45, 7) is 0. The van der Waals surface area contributed by atoms with E-state index in [9.17, 15) is 22.8 Å². The molecule has 2 aromatic carbocycles. The molecule has 0 saturated heterocycles. The van der Waals surface area contributed by atoms with Gasteiger partial charge in [0.2, 0.25) is 0 Å². The molecule has 0 bridgehead atoms. The molecule has 2 amide bonds. The quantitative estimate of drug-likeness (QED) is 0.666. The molecule has 0 radical (unpaired) electrons. The summed E-state index contributed by atoms with van der Waals surface area (Å²) >= 11 is 4.07. The topological polar surface area (TPSA) is 37.4 Å². The van der Waals surface area contributed by atoms with Crippen molar-refractivity contribution in [3.05, 3.63) is 64.7 Å². The van der Waals surface area contributed by atoms with Crippen LogP contribution in [0.15, 0.2) is 42.5 Å². The standard InChI is InChI=1S/C16H10F3NO2S/c17-16(18,19)10-6-5-9(8-23)13(7-10)20-14(21)11-3-1-2-4-12(11)15(20)22/h1-7,23H,8H2. The van der Waals surface area contributed by atoms with Crippen LogP contribution in [0.25, 0.3) is 0 Å². The van der Waals surface area contributed by atoms with Gasteiger partial charge in [0.05, 0.1) is 22.4 Å². The van der Waals surface area contributed by atoms with Crippen molar-refractivity contribution in [2.75, 3.05) is 4.90 Å². The zero-order chi connectivity index (χ0) is 16.8. The third-order valence-corrected chi connectivity index (χ3v) is 3.96. The largest absolute Gasteiger partial charge is 0.416 e. The van der Waals surface area contributed by atoms with Gasteiger partial charge in [-0.3, -0.25) is 9.59 Å². The number of nitrogens with zero attached hydrogens (tertiary/aromatic N) is 1. The fourth-order valence-electron chi connectivity index (χ4n) is 2.49. The highest BCUT2D eigenvalue weighted by Gasteiger charge is 2.39. The second-order valence-electron chi connectivity index (χ2n) is 4.99. The van der Waals surface area contributed by atoms with Crippen LogP contribution in [0.1, 0.15) is 31.8 Å². The van der Waals surface area contributed by atoms with Crippen LogP contribution in [0.5, 0.6) is 0 Å². The van der Waals surface area contributed by atoms with Gasteiger partial charge >= 0.3 is 6.18 Å². The lowest BCUT2D eigenvalue weighted by Crippen LogP contribution is -2.30. The Morgan fingerprint density at radius 3 is 2.00 bits per heavy atom. The number of hydrogen-bond donors (Lipinski definition) is 1. The van der Waals surface area contributed by atoms with Crippen LogP contribution in [0.4, 0.5) is 18.9 Å². The number of halogens is 3. The number of hydrogen-bond acceptors (Lipinski definition) is 3. The number of carbonyl (C=O) groups is 2. The third kappa shape index (κ3) is 2.50.